The molecule has 0 spiro atoms. The quantitative estimate of drug-likeness (QED) is 0.600. The van der Waals surface area contributed by atoms with Crippen LogP contribution in [0.2, 0.25) is 5.02 Å². The van der Waals surface area contributed by atoms with Crippen LogP contribution in [0.15, 0.2) is 84.8 Å². The Labute approximate surface area is 173 Å². The first kappa shape index (κ1) is 18.9. The summed E-state index contributed by atoms with van der Waals surface area (Å²) >= 11 is 6.02. The molecule has 144 valence electrons. The van der Waals surface area contributed by atoms with E-state index >= 15 is 0 Å². The number of para-hydroxylation sites is 1. The molecule has 0 atom stereocenters. The second-order valence-corrected chi connectivity index (χ2v) is 7.11. The Morgan fingerprint density at radius 3 is 2.21 bits per heavy atom. The number of hydrogen-bond donors (Lipinski definition) is 0. The molecule has 1 aliphatic heterocycles. The minimum Gasteiger partial charge on any atom is -0.339 e. The second-order valence-electron chi connectivity index (χ2n) is 6.68. The van der Waals surface area contributed by atoms with E-state index in [1.807, 2.05) is 30.3 Å². The van der Waals surface area contributed by atoms with Gasteiger partial charge in [0, 0.05) is 30.2 Å². The van der Waals surface area contributed by atoms with E-state index in [9.17, 15) is 9.59 Å². The number of carbonyl (C=O) groups excluding carboxylic acids is 2. The normalized spacial score (nSPS) is 13.9. The van der Waals surface area contributed by atoms with Gasteiger partial charge in [0.2, 0.25) is 0 Å². The molecule has 29 heavy (non-hydrogen) atoms. The number of likely N-dealkylation sites (N-methyl/N-ethyl adjacent to an activating group) is 1. The first-order valence-corrected chi connectivity index (χ1v) is 9.48. The maximum absolute atomic E-state index is 13.3. The van der Waals surface area contributed by atoms with Crippen LogP contribution in [0.3, 0.4) is 0 Å². The van der Waals surface area contributed by atoms with Crippen LogP contribution in [0.5, 0.6) is 0 Å². The molecule has 4 rings (SSSR count). The zero-order valence-electron chi connectivity index (χ0n) is 15.7. The molecule has 0 unspecified atom stereocenters. The Balaban J connectivity index is 1.79. The number of pyridine rings is 1. The first-order chi connectivity index (χ1) is 14.1. The van der Waals surface area contributed by atoms with Crippen molar-refractivity contribution in [2.45, 2.75) is 6.54 Å². The molecule has 0 saturated heterocycles. The van der Waals surface area contributed by atoms with Crippen LogP contribution < -0.4 is 4.90 Å². The summed E-state index contributed by atoms with van der Waals surface area (Å²) in [7, 11) is 1.79. The Morgan fingerprint density at radius 2 is 1.55 bits per heavy atom. The van der Waals surface area contributed by atoms with Crippen LogP contribution in [0.4, 0.5) is 5.69 Å². The predicted octanol–water partition coefficient (Wildman–Crippen LogP) is 4.15. The Bertz CT molecular complexity index is 1080. The molecular weight excluding hydrogens is 386 g/mol. The fourth-order valence-corrected chi connectivity index (χ4v) is 3.47. The zero-order valence-corrected chi connectivity index (χ0v) is 16.5. The second kappa shape index (κ2) is 7.89. The van der Waals surface area contributed by atoms with Crippen molar-refractivity contribution in [3.8, 4) is 0 Å². The van der Waals surface area contributed by atoms with E-state index in [1.54, 1.807) is 60.7 Å². The highest BCUT2D eigenvalue weighted by atomic mass is 35.5. The van der Waals surface area contributed by atoms with E-state index in [-0.39, 0.29) is 18.4 Å². The van der Waals surface area contributed by atoms with Gasteiger partial charge in [-0.2, -0.15) is 0 Å². The van der Waals surface area contributed by atoms with Gasteiger partial charge in [-0.05, 0) is 47.5 Å². The molecule has 0 bridgehead atoms. The third-order valence-electron chi connectivity index (χ3n) is 4.85. The van der Waals surface area contributed by atoms with E-state index in [1.165, 1.54) is 4.90 Å². The first-order valence-electron chi connectivity index (χ1n) is 9.10. The highest BCUT2D eigenvalue weighted by Gasteiger charge is 2.41. The van der Waals surface area contributed by atoms with Crippen molar-refractivity contribution in [1.29, 1.82) is 0 Å². The van der Waals surface area contributed by atoms with Crippen molar-refractivity contribution >= 4 is 34.7 Å². The van der Waals surface area contributed by atoms with E-state index in [0.29, 0.717) is 21.9 Å². The van der Waals surface area contributed by atoms with Gasteiger partial charge in [0.15, 0.2) is 0 Å². The highest BCUT2D eigenvalue weighted by Crippen LogP contribution is 2.34. The van der Waals surface area contributed by atoms with Gasteiger partial charge >= 0.3 is 0 Å². The number of anilines is 1. The molecule has 0 saturated carbocycles. The molecule has 0 radical (unpaired) electrons. The SMILES string of the molecule is CN(C1=C(c2ccc(Cl)cc2)C(=O)N(Cc2ccncc2)C1=O)c1ccccc1. The average Bonchev–Trinajstić information content (AvgIpc) is 3.00. The molecule has 1 aliphatic rings. The smallest absolute Gasteiger partial charge is 0.278 e. The highest BCUT2D eigenvalue weighted by molar-refractivity contribution is 6.37. The van der Waals surface area contributed by atoms with Gasteiger partial charge in [-0.15, -0.1) is 0 Å². The van der Waals surface area contributed by atoms with Crippen molar-refractivity contribution in [3.05, 3.63) is 101 Å². The van der Waals surface area contributed by atoms with Gasteiger partial charge in [0.1, 0.15) is 5.70 Å². The van der Waals surface area contributed by atoms with Crippen LogP contribution in [0, 0.1) is 0 Å². The third kappa shape index (κ3) is 3.65. The van der Waals surface area contributed by atoms with Crippen LogP contribution in [0.1, 0.15) is 11.1 Å². The lowest BCUT2D eigenvalue weighted by atomic mass is 10.0. The van der Waals surface area contributed by atoms with Gasteiger partial charge in [0.05, 0.1) is 12.1 Å². The van der Waals surface area contributed by atoms with E-state index < -0.39 is 0 Å². The van der Waals surface area contributed by atoms with Crippen molar-refractivity contribution in [2.75, 3.05) is 11.9 Å². The average molecular weight is 404 g/mol. The topological polar surface area (TPSA) is 53.5 Å². The molecule has 1 aromatic heterocycles. The minimum atomic E-state index is -0.330. The molecule has 3 aromatic rings. The molecule has 2 aromatic carbocycles. The number of carbonyl (C=O) groups is 2. The summed E-state index contributed by atoms with van der Waals surface area (Å²) in [5, 5.41) is 0.567. The number of amides is 2. The molecule has 2 amide bonds. The van der Waals surface area contributed by atoms with Crippen LogP contribution in [0.25, 0.3) is 5.57 Å². The predicted molar refractivity (Wildman–Crippen MR) is 113 cm³/mol. The number of imide groups is 1. The van der Waals surface area contributed by atoms with Gasteiger partial charge in [-0.25, -0.2) is 0 Å². The summed E-state index contributed by atoms with van der Waals surface area (Å²) in [4.78, 5) is 33.7. The van der Waals surface area contributed by atoms with Gasteiger partial charge < -0.3 is 4.90 Å². The van der Waals surface area contributed by atoms with Crippen molar-refractivity contribution in [2.24, 2.45) is 0 Å². The molecule has 0 aliphatic carbocycles. The molecule has 0 fully saturated rings. The molecule has 5 nitrogen and oxygen atoms in total. The Kier molecular flexibility index (Phi) is 5.14. The van der Waals surface area contributed by atoms with Gasteiger partial charge in [-0.1, -0.05) is 41.9 Å². The van der Waals surface area contributed by atoms with Crippen molar-refractivity contribution < 1.29 is 9.59 Å². The van der Waals surface area contributed by atoms with Crippen LogP contribution in [-0.2, 0) is 16.1 Å². The lowest BCUT2D eigenvalue weighted by Crippen LogP contribution is -2.33. The largest absolute Gasteiger partial charge is 0.339 e. The maximum atomic E-state index is 13.3. The number of hydrogen-bond acceptors (Lipinski definition) is 4. The van der Waals surface area contributed by atoms with Gasteiger partial charge in [-0.3, -0.25) is 19.5 Å². The van der Waals surface area contributed by atoms with E-state index in [0.717, 1.165) is 11.3 Å². The summed E-state index contributed by atoms with van der Waals surface area (Å²) in [6, 6.07) is 20.0. The van der Waals surface area contributed by atoms with Crippen molar-refractivity contribution in [1.82, 2.24) is 9.88 Å². The molecular formula is C23H18ClN3O2. The number of nitrogens with zero attached hydrogens (tertiary/aromatic N) is 3. The number of aromatic nitrogens is 1. The maximum Gasteiger partial charge on any atom is 0.278 e. The monoisotopic (exact) mass is 403 g/mol. The summed E-state index contributed by atoms with van der Waals surface area (Å²) in [5.74, 6) is -0.657. The van der Waals surface area contributed by atoms with Crippen LogP contribution in [-0.4, -0.2) is 28.7 Å². The summed E-state index contributed by atoms with van der Waals surface area (Å²) in [5.41, 5.74) is 3.02. The molecule has 0 N–H and O–H groups in total. The Hall–Kier alpha value is -3.44. The summed E-state index contributed by atoms with van der Waals surface area (Å²) in [6.45, 7) is 0.184. The third-order valence-corrected chi connectivity index (χ3v) is 5.10. The fourth-order valence-electron chi connectivity index (χ4n) is 3.35. The standard InChI is InChI=1S/C23H18ClN3O2/c1-26(19-5-3-2-4-6-19)21-20(17-7-9-18(24)10-8-17)22(28)27(23(21)29)15-16-11-13-25-14-12-16/h2-14H,15H2,1H3. The number of rotatable bonds is 5. The van der Waals surface area contributed by atoms with Crippen LogP contribution >= 0.6 is 11.6 Å². The van der Waals surface area contributed by atoms with E-state index in [2.05, 4.69) is 4.98 Å². The number of halogens is 1. The molecule has 2 heterocycles. The zero-order chi connectivity index (χ0) is 20.4. The summed E-state index contributed by atoms with van der Waals surface area (Å²) < 4.78 is 0. The summed E-state index contributed by atoms with van der Waals surface area (Å²) in [6.07, 6.45) is 3.29. The molecule has 6 heteroatoms. The van der Waals surface area contributed by atoms with E-state index in [4.69, 9.17) is 11.6 Å². The van der Waals surface area contributed by atoms with Crippen molar-refractivity contribution in [3.63, 3.8) is 0 Å². The van der Waals surface area contributed by atoms with Gasteiger partial charge in [0.25, 0.3) is 11.8 Å². The fraction of sp³-hybridized carbons (Fsp3) is 0.0870. The minimum absolute atomic E-state index is 0.184. The lowest BCUT2D eigenvalue weighted by molar-refractivity contribution is -0.137. The Morgan fingerprint density at radius 1 is 0.897 bits per heavy atom. The number of benzene rings is 2. The lowest BCUT2D eigenvalue weighted by Gasteiger charge is -2.21.